The number of fused-ring (bicyclic) bond motifs is 1. The first-order valence-electron chi connectivity index (χ1n) is 4.52. The SMILES string of the molecule is C[C@@H]1CCC[C@@H]2O[C@@H]2CC1. The summed E-state index contributed by atoms with van der Waals surface area (Å²) in [4.78, 5) is 0. The van der Waals surface area contributed by atoms with Gasteiger partial charge in [-0.15, -0.1) is 0 Å². The zero-order valence-corrected chi connectivity index (χ0v) is 6.68. The third-order valence-electron chi connectivity index (χ3n) is 2.82. The summed E-state index contributed by atoms with van der Waals surface area (Å²) in [5.41, 5.74) is 0. The van der Waals surface area contributed by atoms with E-state index in [1.165, 1.54) is 32.1 Å². The highest BCUT2D eigenvalue weighted by Gasteiger charge is 2.38. The van der Waals surface area contributed by atoms with Crippen LogP contribution in [0.25, 0.3) is 0 Å². The van der Waals surface area contributed by atoms with Gasteiger partial charge in [-0.05, 0) is 25.2 Å². The standard InChI is InChI=1S/C9H16O/c1-7-3-2-4-8-9(10-8)6-5-7/h7-9H,2-6H2,1H3/t7-,8+,9-/m1/s1. The second-order valence-corrected chi connectivity index (χ2v) is 3.83. The molecule has 0 aromatic carbocycles. The summed E-state index contributed by atoms with van der Waals surface area (Å²) in [7, 11) is 0. The molecule has 0 N–H and O–H groups in total. The summed E-state index contributed by atoms with van der Waals surface area (Å²) in [6, 6.07) is 0. The molecule has 0 aromatic heterocycles. The Morgan fingerprint density at radius 3 is 2.70 bits per heavy atom. The molecule has 1 aliphatic carbocycles. The van der Waals surface area contributed by atoms with Gasteiger partial charge in [0.05, 0.1) is 12.2 Å². The Bertz CT molecular complexity index is 120. The van der Waals surface area contributed by atoms with Crippen molar-refractivity contribution in [3.05, 3.63) is 0 Å². The average molecular weight is 140 g/mol. The van der Waals surface area contributed by atoms with Crippen molar-refractivity contribution in [3.63, 3.8) is 0 Å². The smallest absolute Gasteiger partial charge is 0.0842 e. The monoisotopic (exact) mass is 140 g/mol. The van der Waals surface area contributed by atoms with Crippen molar-refractivity contribution >= 4 is 0 Å². The van der Waals surface area contributed by atoms with Crippen LogP contribution in [-0.2, 0) is 4.74 Å². The summed E-state index contributed by atoms with van der Waals surface area (Å²) in [5.74, 6) is 0.949. The molecule has 0 amide bonds. The molecule has 0 aromatic rings. The van der Waals surface area contributed by atoms with Gasteiger partial charge in [0.15, 0.2) is 0 Å². The first kappa shape index (κ1) is 6.66. The van der Waals surface area contributed by atoms with Crippen molar-refractivity contribution in [2.24, 2.45) is 5.92 Å². The molecule has 0 radical (unpaired) electrons. The Labute approximate surface area is 62.8 Å². The summed E-state index contributed by atoms with van der Waals surface area (Å²) in [6.45, 7) is 2.36. The van der Waals surface area contributed by atoms with E-state index in [1.54, 1.807) is 0 Å². The average Bonchev–Trinajstić information content (AvgIpc) is 2.59. The van der Waals surface area contributed by atoms with Crippen molar-refractivity contribution in [1.29, 1.82) is 0 Å². The number of rotatable bonds is 0. The minimum atomic E-state index is 0.669. The highest BCUT2D eigenvalue weighted by atomic mass is 16.6. The maximum absolute atomic E-state index is 5.49. The summed E-state index contributed by atoms with van der Waals surface area (Å²) in [6.07, 6.45) is 8.20. The Balaban J connectivity index is 1.83. The molecule has 2 fully saturated rings. The minimum Gasteiger partial charge on any atom is -0.370 e. The molecule has 1 heteroatoms. The quantitative estimate of drug-likeness (QED) is 0.470. The van der Waals surface area contributed by atoms with Gasteiger partial charge in [0.25, 0.3) is 0 Å². The first-order chi connectivity index (χ1) is 4.86. The van der Waals surface area contributed by atoms with E-state index in [0.717, 1.165) is 5.92 Å². The Hall–Kier alpha value is -0.0400. The van der Waals surface area contributed by atoms with E-state index in [1.807, 2.05) is 0 Å². The highest BCUT2D eigenvalue weighted by Crippen LogP contribution is 2.35. The van der Waals surface area contributed by atoms with Crippen molar-refractivity contribution in [1.82, 2.24) is 0 Å². The largest absolute Gasteiger partial charge is 0.370 e. The number of epoxide rings is 1. The molecular formula is C9H16O. The lowest BCUT2D eigenvalue weighted by molar-refractivity contribution is 0.356. The van der Waals surface area contributed by atoms with Gasteiger partial charge in [0, 0.05) is 0 Å². The minimum absolute atomic E-state index is 0.669. The lowest BCUT2D eigenvalue weighted by atomic mass is 9.93. The molecule has 0 spiro atoms. The van der Waals surface area contributed by atoms with Crippen LogP contribution in [0.4, 0.5) is 0 Å². The zero-order chi connectivity index (χ0) is 6.97. The van der Waals surface area contributed by atoms with Crippen molar-refractivity contribution < 1.29 is 4.74 Å². The van der Waals surface area contributed by atoms with E-state index in [2.05, 4.69) is 6.92 Å². The van der Waals surface area contributed by atoms with Crippen LogP contribution in [-0.4, -0.2) is 12.2 Å². The molecule has 1 saturated carbocycles. The summed E-state index contributed by atoms with van der Waals surface area (Å²) < 4.78 is 5.49. The van der Waals surface area contributed by atoms with Crippen LogP contribution >= 0.6 is 0 Å². The fourth-order valence-electron chi connectivity index (χ4n) is 1.95. The van der Waals surface area contributed by atoms with Gasteiger partial charge >= 0.3 is 0 Å². The summed E-state index contributed by atoms with van der Waals surface area (Å²) in [5, 5.41) is 0. The number of ether oxygens (including phenoxy) is 1. The van der Waals surface area contributed by atoms with Crippen molar-refractivity contribution in [2.75, 3.05) is 0 Å². The molecule has 0 bridgehead atoms. The molecular weight excluding hydrogens is 124 g/mol. The zero-order valence-electron chi connectivity index (χ0n) is 6.68. The van der Waals surface area contributed by atoms with Crippen LogP contribution in [0.5, 0.6) is 0 Å². The van der Waals surface area contributed by atoms with Gasteiger partial charge in [-0.3, -0.25) is 0 Å². The van der Waals surface area contributed by atoms with Crippen LogP contribution in [0.15, 0.2) is 0 Å². The van der Waals surface area contributed by atoms with Crippen LogP contribution in [0.1, 0.15) is 39.0 Å². The summed E-state index contributed by atoms with van der Waals surface area (Å²) >= 11 is 0. The number of hydrogen-bond acceptors (Lipinski definition) is 1. The van der Waals surface area contributed by atoms with Gasteiger partial charge in [-0.1, -0.05) is 19.8 Å². The molecule has 58 valence electrons. The van der Waals surface area contributed by atoms with Crippen LogP contribution in [0.3, 0.4) is 0 Å². The van der Waals surface area contributed by atoms with E-state index in [4.69, 9.17) is 4.74 Å². The lowest BCUT2D eigenvalue weighted by Crippen LogP contribution is -2.04. The normalized spacial score (nSPS) is 47.1. The second-order valence-electron chi connectivity index (χ2n) is 3.83. The van der Waals surface area contributed by atoms with Crippen LogP contribution in [0, 0.1) is 5.92 Å². The van der Waals surface area contributed by atoms with Gasteiger partial charge in [0.1, 0.15) is 0 Å². The number of hydrogen-bond donors (Lipinski definition) is 0. The van der Waals surface area contributed by atoms with E-state index in [9.17, 15) is 0 Å². The van der Waals surface area contributed by atoms with Gasteiger partial charge in [0.2, 0.25) is 0 Å². The van der Waals surface area contributed by atoms with Crippen molar-refractivity contribution in [2.45, 2.75) is 51.2 Å². The molecule has 1 nitrogen and oxygen atoms in total. The van der Waals surface area contributed by atoms with E-state index in [0.29, 0.717) is 12.2 Å². The molecule has 0 unspecified atom stereocenters. The third kappa shape index (κ3) is 1.34. The van der Waals surface area contributed by atoms with Gasteiger partial charge < -0.3 is 4.74 Å². The molecule has 1 saturated heterocycles. The van der Waals surface area contributed by atoms with Crippen molar-refractivity contribution in [3.8, 4) is 0 Å². The molecule has 2 rings (SSSR count). The molecule has 10 heavy (non-hydrogen) atoms. The maximum atomic E-state index is 5.49. The maximum Gasteiger partial charge on any atom is 0.0842 e. The molecule has 2 aliphatic rings. The fourth-order valence-corrected chi connectivity index (χ4v) is 1.95. The Morgan fingerprint density at radius 1 is 1.00 bits per heavy atom. The van der Waals surface area contributed by atoms with E-state index >= 15 is 0 Å². The van der Waals surface area contributed by atoms with Crippen LogP contribution < -0.4 is 0 Å². The Morgan fingerprint density at radius 2 is 1.80 bits per heavy atom. The van der Waals surface area contributed by atoms with Gasteiger partial charge in [-0.25, -0.2) is 0 Å². The lowest BCUT2D eigenvalue weighted by Gasteiger charge is -2.11. The Kier molecular flexibility index (Phi) is 1.69. The molecule has 1 aliphatic heterocycles. The van der Waals surface area contributed by atoms with E-state index in [-0.39, 0.29) is 0 Å². The second kappa shape index (κ2) is 2.54. The van der Waals surface area contributed by atoms with E-state index < -0.39 is 0 Å². The topological polar surface area (TPSA) is 12.5 Å². The third-order valence-corrected chi connectivity index (χ3v) is 2.82. The fraction of sp³-hybridized carbons (Fsp3) is 1.00. The highest BCUT2D eigenvalue weighted by molar-refractivity contribution is 4.86. The van der Waals surface area contributed by atoms with Gasteiger partial charge in [-0.2, -0.15) is 0 Å². The predicted molar refractivity (Wildman–Crippen MR) is 40.9 cm³/mol. The predicted octanol–water partition coefficient (Wildman–Crippen LogP) is 2.35. The van der Waals surface area contributed by atoms with Crippen LogP contribution in [0.2, 0.25) is 0 Å². The molecule has 3 atom stereocenters. The molecule has 1 heterocycles. The first-order valence-corrected chi connectivity index (χ1v) is 4.52.